The number of carbonyl (C=O) groups is 1. The molecule has 28 heavy (non-hydrogen) atoms. The van der Waals surface area contributed by atoms with Crippen LogP contribution < -0.4 is 14.8 Å². The molecule has 1 N–H and O–H groups in total. The van der Waals surface area contributed by atoms with Gasteiger partial charge in [-0.2, -0.15) is 0 Å². The molecule has 2 aliphatic rings. The molecular formula is C21H27N3O3S. The fourth-order valence-corrected chi connectivity index (χ4v) is 4.85. The number of anilines is 1. The third-order valence-corrected chi connectivity index (χ3v) is 5.91. The van der Waals surface area contributed by atoms with Gasteiger partial charge in [0.2, 0.25) is 5.91 Å². The lowest BCUT2D eigenvalue weighted by Gasteiger charge is -2.34. The van der Waals surface area contributed by atoms with Gasteiger partial charge in [0.15, 0.2) is 16.6 Å². The number of piperidine rings is 1. The van der Waals surface area contributed by atoms with Crippen LogP contribution in [0.1, 0.15) is 31.5 Å². The Morgan fingerprint density at radius 1 is 1.21 bits per heavy atom. The Hall–Kier alpha value is -2.12. The molecule has 2 aliphatic heterocycles. The van der Waals surface area contributed by atoms with Crippen LogP contribution in [0.4, 0.5) is 5.13 Å². The van der Waals surface area contributed by atoms with Crippen molar-refractivity contribution in [3.63, 3.8) is 0 Å². The number of amides is 1. The van der Waals surface area contributed by atoms with Crippen LogP contribution in [0, 0.1) is 11.8 Å². The Morgan fingerprint density at radius 2 is 1.96 bits per heavy atom. The summed E-state index contributed by atoms with van der Waals surface area (Å²) in [6, 6.07) is 5.64. The van der Waals surface area contributed by atoms with Gasteiger partial charge in [0, 0.05) is 25.0 Å². The van der Waals surface area contributed by atoms with E-state index in [9.17, 15) is 4.79 Å². The Kier molecular flexibility index (Phi) is 5.82. The molecule has 3 heterocycles. The van der Waals surface area contributed by atoms with Crippen LogP contribution in [0.25, 0.3) is 0 Å². The number of nitrogens with one attached hydrogen (secondary N) is 1. The second kappa shape index (κ2) is 8.49. The fraction of sp³-hybridized carbons (Fsp3) is 0.524. The molecule has 0 aliphatic carbocycles. The number of hydrogen-bond acceptors (Lipinski definition) is 6. The first-order valence-corrected chi connectivity index (χ1v) is 10.8. The molecule has 1 aromatic heterocycles. The molecule has 0 spiro atoms. The van der Waals surface area contributed by atoms with Gasteiger partial charge >= 0.3 is 0 Å². The first-order chi connectivity index (χ1) is 13.5. The maximum Gasteiger partial charge on any atom is 0.230 e. The number of ether oxygens (including phenoxy) is 2. The summed E-state index contributed by atoms with van der Waals surface area (Å²) >= 11 is 1.49. The highest BCUT2D eigenvalue weighted by molar-refractivity contribution is 7.13. The molecule has 7 heteroatoms. The Balaban J connectivity index is 1.31. The summed E-state index contributed by atoms with van der Waals surface area (Å²) in [5, 5.41) is 5.63. The molecule has 0 radical (unpaired) electrons. The van der Waals surface area contributed by atoms with Crippen LogP contribution in [0.3, 0.4) is 0 Å². The van der Waals surface area contributed by atoms with E-state index in [1.807, 2.05) is 23.6 Å². The maximum absolute atomic E-state index is 12.4. The number of thiazole rings is 1. The van der Waals surface area contributed by atoms with Crippen molar-refractivity contribution in [2.45, 2.75) is 33.2 Å². The highest BCUT2D eigenvalue weighted by Gasteiger charge is 2.22. The third-order valence-electron chi connectivity index (χ3n) is 5.10. The van der Waals surface area contributed by atoms with Gasteiger partial charge in [0.25, 0.3) is 0 Å². The largest absolute Gasteiger partial charge is 0.486 e. The zero-order chi connectivity index (χ0) is 19.5. The van der Waals surface area contributed by atoms with Gasteiger partial charge in [-0.1, -0.05) is 19.9 Å². The van der Waals surface area contributed by atoms with Gasteiger partial charge in [0.1, 0.15) is 13.2 Å². The van der Waals surface area contributed by atoms with Crippen molar-refractivity contribution in [2.24, 2.45) is 11.8 Å². The molecular weight excluding hydrogens is 374 g/mol. The van der Waals surface area contributed by atoms with Crippen molar-refractivity contribution in [2.75, 3.05) is 31.6 Å². The normalized spacial score (nSPS) is 22.1. The van der Waals surface area contributed by atoms with Crippen LogP contribution in [-0.4, -0.2) is 42.1 Å². The van der Waals surface area contributed by atoms with Crippen molar-refractivity contribution in [1.82, 2.24) is 9.88 Å². The van der Waals surface area contributed by atoms with Crippen LogP contribution in [-0.2, 0) is 17.8 Å². The lowest BCUT2D eigenvalue weighted by atomic mass is 9.92. The molecule has 0 saturated carbocycles. The summed E-state index contributed by atoms with van der Waals surface area (Å²) in [7, 11) is 0. The molecule has 1 aromatic carbocycles. The second-order valence-corrected chi connectivity index (χ2v) is 8.85. The minimum absolute atomic E-state index is 0.0715. The van der Waals surface area contributed by atoms with Crippen molar-refractivity contribution >= 4 is 22.4 Å². The zero-order valence-electron chi connectivity index (χ0n) is 16.4. The topological polar surface area (TPSA) is 63.7 Å². The molecule has 1 amide bonds. The van der Waals surface area contributed by atoms with Crippen LogP contribution >= 0.6 is 11.3 Å². The predicted octanol–water partition coefficient (Wildman–Crippen LogP) is 3.57. The van der Waals surface area contributed by atoms with E-state index in [4.69, 9.17) is 9.47 Å². The summed E-state index contributed by atoms with van der Waals surface area (Å²) in [6.07, 6.45) is 1.58. The lowest BCUT2D eigenvalue weighted by molar-refractivity contribution is -0.115. The third kappa shape index (κ3) is 4.83. The van der Waals surface area contributed by atoms with E-state index in [0.717, 1.165) is 48.5 Å². The van der Waals surface area contributed by atoms with E-state index in [1.54, 1.807) is 0 Å². The molecule has 150 valence electrons. The van der Waals surface area contributed by atoms with Gasteiger partial charge < -0.3 is 14.8 Å². The Morgan fingerprint density at radius 3 is 2.75 bits per heavy atom. The number of fused-ring (bicyclic) bond motifs is 1. The Labute approximate surface area is 169 Å². The number of hydrogen-bond donors (Lipinski definition) is 1. The van der Waals surface area contributed by atoms with E-state index < -0.39 is 0 Å². The summed E-state index contributed by atoms with van der Waals surface area (Å²) in [5.41, 5.74) is 1.93. The summed E-state index contributed by atoms with van der Waals surface area (Å²) < 4.78 is 11.1. The molecule has 2 unspecified atom stereocenters. The van der Waals surface area contributed by atoms with E-state index >= 15 is 0 Å². The number of aromatic nitrogens is 1. The molecule has 2 atom stereocenters. The highest BCUT2D eigenvalue weighted by Crippen LogP contribution is 2.31. The minimum atomic E-state index is -0.0715. The smallest absolute Gasteiger partial charge is 0.230 e. The summed E-state index contributed by atoms with van der Waals surface area (Å²) in [4.78, 5) is 19.5. The maximum atomic E-state index is 12.4. The molecule has 6 nitrogen and oxygen atoms in total. The highest BCUT2D eigenvalue weighted by atomic mass is 32.1. The average Bonchev–Trinajstić information content (AvgIpc) is 3.07. The average molecular weight is 402 g/mol. The van der Waals surface area contributed by atoms with Gasteiger partial charge in [-0.3, -0.25) is 9.69 Å². The van der Waals surface area contributed by atoms with Crippen molar-refractivity contribution in [3.05, 3.63) is 34.8 Å². The van der Waals surface area contributed by atoms with Crippen molar-refractivity contribution < 1.29 is 14.3 Å². The minimum Gasteiger partial charge on any atom is -0.486 e. The number of nitrogens with zero attached hydrogens (tertiary/aromatic N) is 2. The number of likely N-dealkylation sites (tertiary alicyclic amines) is 1. The van der Waals surface area contributed by atoms with Crippen molar-refractivity contribution in [1.29, 1.82) is 0 Å². The van der Waals surface area contributed by atoms with Gasteiger partial charge in [-0.15, -0.1) is 11.3 Å². The van der Waals surface area contributed by atoms with Crippen LogP contribution in [0.5, 0.6) is 11.5 Å². The SMILES string of the molecule is CC1CC(C)CN(Cc2csc(NC(=O)Cc3ccc4c(c3)OCCO4)n2)C1. The molecule has 2 aromatic rings. The van der Waals surface area contributed by atoms with E-state index in [1.165, 1.54) is 17.8 Å². The molecule has 1 saturated heterocycles. The van der Waals surface area contributed by atoms with Crippen molar-refractivity contribution in [3.8, 4) is 11.5 Å². The fourth-order valence-electron chi connectivity index (χ4n) is 4.13. The first kappa shape index (κ1) is 19.2. The molecule has 1 fully saturated rings. The number of rotatable bonds is 5. The lowest BCUT2D eigenvalue weighted by Crippen LogP contribution is -2.38. The van der Waals surface area contributed by atoms with E-state index in [-0.39, 0.29) is 12.3 Å². The predicted molar refractivity (Wildman–Crippen MR) is 110 cm³/mol. The number of benzene rings is 1. The quantitative estimate of drug-likeness (QED) is 0.830. The van der Waals surface area contributed by atoms with Gasteiger partial charge in [-0.05, 0) is 36.0 Å². The summed E-state index contributed by atoms with van der Waals surface area (Å²) in [5.74, 6) is 2.83. The first-order valence-electron chi connectivity index (χ1n) is 9.90. The van der Waals surface area contributed by atoms with Crippen LogP contribution in [0.2, 0.25) is 0 Å². The zero-order valence-corrected chi connectivity index (χ0v) is 17.3. The van der Waals surface area contributed by atoms with E-state index in [0.29, 0.717) is 24.1 Å². The Bertz CT molecular complexity index is 828. The number of carbonyl (C=O) groups excluding carboxylic acids is 1. The van der Waals surface area contributed by atoms with Gasteiger partial charge in [-0.25, -0.2) is 4.98 Å². The van der Waals surface area contributed by atoms with E-state index in [2.05, 4.69) is 29.0 Å². The molecule has 0 bridgehead atoms. The standard InChI is InChI=1S/C21H27N3O3S/c1-14-7-15(2)11-24(10-14)12-17-13-28-21(22-17)23-20(25)9-16-3-4-18-19(8-16)27-6-5-26-18/h3-4,8,13-15H,5-7,9-12H2,1-2H3,(H,22,23,25). The van der Waals surface area contributed by atoms with Crippen LogP contribution in [0.15, 0.2) is 23.6 Å². The van der Waals surface area contributed by atoms with Gasteiger partial charge in [0.05, 0.1) is 12.1 Å². The second-order valence-electron chi connectivity index (χ2n) is 7.99. The monoisotopic (exact) mass is 401 g/mol. The molecule has 4 rings (SSSR count). The summed E-state index contributed by atoms with van der Waals surface area (Å²) in [6.45, 7) is 8.82.